The SMILES string of the molecule is CC/C=C\C/C=C\C/C=C\C/C=C\C/C=C\C/C=C\CCC(=O)O[C@H](COC(=O)CCCCCCCCC/C=C\C/C=C\CCCCC)COP(=O)(O)OC[C@H](N)C(=O)O. The van der Waals surface area contributed by atoms with Gasteiger partial charge in [0.25, 0.3) is 0 Å². The highest BCUT2D eigenvalue weighted by molar-refractivity contribution is 7.47. The summed E-state index contributed by atoms with van der Waals surface area (Å²) in [5.74, 6) is -2.51. The second kappa shape index (κ2) is 42.1. The first-order chi connectivity index (χ1) is 29.1. The minimum atomic E-state index is -4.75. The van der Waals surface area contributed by atoms with Crippen LogP contribution in [0, 0.1) is 0 Å². The summed E-state index contributed by atoms with van der Waals surface area (Å²) in [6.07, 6.45) is 53.4. The highest BCUT2D eigenvalue weighted by Gasteiger charge is 2.28. The molecule has 60 heavy (non-hydrogen) atoms. The van der Waals surface area contributed by atoms with Crippen molar-refractivity contribution >= 4 is 25.7 Å². The molecule has 0 saturated heterocycles. The Morgan fingerprint density at radius 2 is 0.967 bits per heavy atom. The monoisotopic (exact) mass is 860 g/mol. The molecule has 0 amide bonds. The van der Waals surface area contributed by atoms with E-state index in [1.807, 2.05) is 18.2 Å². The number of hydrogen-bond acceptors (Lipinski definition) is 9. The molecule has 0 spiro atoms. The molecule has 3 atom stereocenters. The molecule has 0 bridgehead atoms. The summed E-state index contributed by atoms with van der Waals surface area (Å²) in [7, 11) is -4.75. The molecule has 0 heterocycles. The number of nitrogens with two attached hydrogens (primary N) is 1. The summed E-state index contributed by atoms with van der Waals surface area (Å²) in [6, 6.07) is -1.54. The number of aliphatic carboxylic acids is 1. The quantitative estimate of drug-likeness (QED) is 0.0232. The molecular formula is C48H78NO10P. The number of carbonyl (C=O) groups excluding carboxylic acids is 2. The highest BCUT2D eigenvalue weighted by Crippen LogP contribution is 2.43. The molecule has 340 valence electrons. The van der Waals surface area contributed by atoms with Crippen molar-refractivity contribution < 1.29 is 47.5 Å². The Balaban J connectivity index is 4.51. The lowest BCUT2D eigenvalue weighted by atomic mass is 10.1. The second-order valence-electron chi connectivity index (χ2n) is 14.4. The maximum atomic E-state index is 12.6. The average molecular weight is 860 g/mol. The van der Waals surface area contributed by atoms with Gasteiger partial charge in [0.2, 0.25) is 0 Å². The van der Waals surface area contributed by atoms with Gasteiger partial charge in [-0.15, -0.1) is 0 Å². The predicted molar refractivity (Wildman–Crippen MR) is 244 cm³/mol. The van der Waals surface area contributed by atoms with Gasteiger partial charge >= 0.3 is 25.7 Å². The average Bonchev–Trinajstić information content (AvgIpc) is 3.22. The van der Waals surface area contributed by atoms with E-state index in [0.29, 0.717) is 19.3 Å². The fourth-order valence-corrected chi connectivity index (χ4v) is 6.13. The number of ether oxygens (including phenoxy) is 2. The van der Waals surface area contributed by atoms with Crippen molar-refractivity contribution in [3.63, 3.8) is 0 Å². The predicted octanol–water partition coefficient (Wildman–Crippen LogP) is 12.1. The van der Waals surface area contributed by atoms with Crippen molar-refractivity contribution in [2.45, 2.75) is 167 Å². The Kier molecular flexibility index (Phi) is 39.6. The van der Waals surface area contributed by atoms with E-state index < -0.39 is 51.1 Å². The van der Waals surface area contributed by atoms with Gasteiger partial charge in [-0.05, 0) is 83.5 Å². The maximum absolute atomic E-state index is 12.6. The van der Waals surface area contributed by atoms with Gasteiger partial charge in [0, 0.05) is 12.8 Å². The van der Waals surface area contributed by atoms with Gasteiger partial charge in [-0.25, -0.2) is 4.57 Å². The van der Waals surface area contributed by atoms with E-state index >= 15 is 0 Å². The third kappa shape index (κ3) is 41.1. The number of allylic oxidation sites excluding steroid dienone is 16. The summed E-state index contributed by atoms with van der Waals surface area (Å²) in [5, 5.41) is 8.89. The van der Waals surface area contributed by atoms with Crippen LogP contribution in [0.3, 0.4) is 0 Å². The van der Waals surface area contributed by atoms with Crippen LogP contribution in [0.15, 0.2) is 97.2 Å². The van der Waals surface area contributed by atoms with Gasteiger partial charge in [0.1, 0.15) is 12.6 Å². The maximum Gasteiger partial charge on any atom is 0.472 e. The highest BCUT2D eigenvalue weighted by atomic mass is 31.2. The summed E-state index contributed by atoms with van der Waals surface area (Å²) in [6.45, 7) is 2.56. The number of carboxylic acids is 1. The number of unbranched alkanes of at least 4 members (excludes halogenated alkanes) is 10. The summed E-state index contributed by atoms with van der Waals surface area (Å²) < 4.78 is 32.6. The molecule has 1 unspecified atom stereocenters. The molecule has 0 aliphatic carbocycles. The van der Waals surface area contributed by atoms with Gasteiger partial charge in [0.15, 0.2) is 6.10 Å². The smallest absolute Gasteiger partial charge is 0.472 e. The minimum absolute atomic E-state index is 0.0287. The zero-order valence-electron chi connectivity index (χ0n) is 36.8. The van der Waals surface area contributed by atoms with Crippen LogP contribution in [-0.2, 0) is 37.5 Å². The number of phosphoric acid groups is 1. The third-order valence-electron chi connectivity index (χ3n) is 8.83. The van der Waals surface area contributed by atoms with Gasteiger partial charge in [-0.1, -0.05) is 156 Å². The standard InChI is InChI=1S/C48H78NO10P/c1-3-5-7-9-11-13-15-17-19-21-22-24-26-28-30-32-34-36-38-40-47(51)59-44(42-57-60(54,55)58-43-45(49)48(52)53)41-56-46(50)39-37-35-33-31-29-27-25-23-20-18-16-14-12-10-8-6-4-2/h5,7,11-14,17-20,22,24,28,30,34,36,44-45H,3-4,6,8-10,15-16,21,23,25-27,29,31-33,35,37-43,49H2,1-2H3,(H,52,53)(H,54,55)/b7-5-,13-11-,14-12-,19-17-,20-18-,24-22-,30-28-,36-34-/t44-,45+/m1/s1. The topological polar surface area (TPSA) is 172 Å². The van der Waals surface area contributed by atoms with Gasteiger partial charge < -0.3 is 25.2 Å². The fourth-order valence-electron chi connectivity index (χ4n) is 5.35. The van der Waals surface area contributed by atoms with Crippen LogP contribution in [0.25, 0.3) is 0 Å². The van der Waals surface area contributed by atoms with Gasteiger partial charge in [-0.2, -0.15) is 0 Å². The van der Waals surface area contributed by atoms with Crippen LogP contribution in [0.1, 0.15) is 155 Å². The van der Waals surface area contributed by atoms with E-state index in [4.69, 9.17) is 24.8 Å². The number of esters is 2. The number of carboxylic acid groups (broad SMARTS) is 1. The van der Waals surface area contributed by atoms with Crippen molar-refractivity contribution in [2.75, 3.05) is 19.8 Å². The fraction of sp³-hybridized carbons (Fsp3) is 0.604. The molecule has 0 aliphatic rings. The lowest BCUT2D eigenvalue weighted by Crippen LogP contribution is -2.34. The van der Waals surface area contributed by atoms with E-state index in [0.717, 1.165) is 70.6 Å². The van der Waals surface area contributed by atoms with E-state index in [9.17, 15) is 23.8 Å². The van der Waals surface area contributed by atoms with E-state index in [1.54, 1.807) is 0 Å². The minimum Gasteiger partial charge on any atom is -0.480 e. The zero-order valence-corrected chi connectivity index (χ0v) is 37.6. The summed E-state index contributed by atoms with van der Waals surface area (Å²) in [5.41, 5.74) is 5.33. The van der Waals surface area contributed by atoms with Gasteiger partial charge in [0.05, 0.1) is 13.2 Å². The van der Waals surface area contributed by atoms with Crippen LogP contribution in [0.2, 0.25) is 0 Å². The van der Waals surface area contributed by atoms with Crippen LogP contribution >= 0.6 is 7.82 Å². The number of rotatable bonds is 40. The van der Waals surface area contributed by atoms with E-state index in [1.165, 1.54) is 38.5 Å². The van der Waals surface area contributed by atoms with Crippen LogP contribution in [0.4, 0.5) is 0 Å². The first-order valence-corrected chi connectivity index (χ1v) is 23.8. The van der Waals surface area contributed by atoms with Crippen molar-refractivity contribution in [1.82, 2.24) is 0 Å². The Hall–Kier alpha value is -3.60. The van der Waals surface area contributed by atoms with E-state index in [-0.39, 0.29) is 19.4 Å². The van der Waals surface area contributed by atoms with Crippen molar-refractivity contribution in [2.24, 2.45) is 5.73 Å². The molecular weight excluding hydrogens is 781 g/mol. The number of phosphoric ester groups is 1. The Morgan fingerprint density at radius 1 is 0.533 bits per heavy atom. The number of hydrogen-bond donors (Lipinski definition) is 3. The van der Waals surface area contributed by atoms with Crippen LogP contribution in [0.5, 0.6) is 0 Å². The molecule has 12 heteroatoms. The molecule has 0 rings (SSSR count). The summed E-state index contributed by atoms with van der Waals surface area (Å²) in [4.78, 5) is 46.0. The first kappa shape index (κ1) is 56.4. The second-order valence-corrected chi connectivity index (χ2v) is 15.9. The number of carbonyl (C=O) groups is 3. The van der Waals surface area contributed by atoms with Crippen molar-refractivity contribution in [3.8, 4) is 0 Å². The van der Waals surface area contributed by atoms with Crippen LogP contribution in [-0.4, -0.2) is 59.9 Å². The van der Waals surface area contributed by atoms with Gasteiger partial charge in [-0.3, -0.25) is 23.4 Å². The first-order valence-electron chi connectivity index (χ1n) is 22.3. The zero-order chi connectivity index (χ0) is 44.2. The Morgan fingerprint density at radius 3 is 1.47 bits per heavy atom. The Bertz CT molecular complexity index is 1380. The molecule has 0 radical (unpaired) electrons. The Labute approximate surface area is 362 Å². The molecule has 0 saturated carbocycles. The lowest BCUT2D eigenvalue weighted by molar-refractivity contribution is -0.161. The normalized spacial score (nSPS) is 14.6. The lowest BCUT2D eigenvalue weighted by Gasteiger charge is -2.20. The molecule has 0 aromatic rings. The van der Waals surface area contributed by atoms with Crippen molar-refractivity contribution in [1.29, 1.82) is 0 Å². The molecule has 4 N–H and O–H groups in total. The van der Waals surface area contributed by atoms with Crippen molar-refractivity contribution in [3.05, 3.63) is 97.2 Å². The molecule has 0 aromatic heterocycles. The van der Waals surface area contributed by atoms with Crippen LogP contribution < -0.4 is 5.73 Å². The molecule has 0 fully saturated rings. The molecule has 0 aromatic carbocycles. The summed E-state index contributed by atoms with van der Waals surface area (Å²) >= 11 is 0. The largest absolute Gasteiger partial charge is 0.480 e. The van der Waals surface area contributed by atoms with E-state index in [2.05, 4.69) is 97.4 Å². The molecule has 0 aliphatic heterocycles. The molecule has 11 nitrogen and oxygen atoms in total. The third-order valence-corrected chi connectivity index (χ3v) is 9.78.